The molecule has 1 N–H and O–H groups in total. The van der Waals surface area contributed by atoms with E-state index in [1.165, 1.54) is 0 Å². The molecule has 0 bridgehead atoms. The Morgan fingerprint density at radius 1 is 1.15 bits per heavy atom. The molecule has 8 heteroatoms. The van der Waals surface area contributed by atoms with Crippen LogP contribution in [0.25, 0.3) is 0 Å². The van der Waals surface area contributed by atoms with E-state index in [-0.39, 0.29) is 23.6 Å². The van der Waals surface area contributed by atoms with E-state index in [1.807, 2.05) is 43.1 Å². The van der Waals surface area contributed by atoms with Crippen LogP contribution in [-0.2, 0) is 29.6 Å². The van der Waals surface area contributed by atoms with E-state index in [9.17, 15) is 14.4 Å². The van der Waals surface area contributed by atoms with Crippen LogP contribution in [0.4, 0.5) is 5.69 Å². The molecule has 3 heterocycles. The molecular weight excluding hydrogens is 430 g/mol. The fourth-order valence-electron chi connectivity index (χ4n) is 4.94. The Hall–Kier alpha value is -3.16. The molecule has 4 rings (SSSR count). The highest BCUT2D eigenvalue weighted by Gasteiger charge is 2.34. The van der Waals surface area contributed by atoms with E-state index < -0.39 is 0 Å². The standard InChI is InChI=1S/C26H35N5O3/c1-4-5-12-23(32)30-15-13-22-20(17-30)24(28-29(22)3)26(34)31-14-8-10-19(16-31)25(33)27-21-11-7-6-9-18(21)2/h6-7,9,11,19H,4-5,8,10,12-17H2,1-3H3,(H,27,33)/t19-/m0/s1. The number of aromatic nitrogens is 2. The molecule has 0 aliphatic carbocycles. The molecule has 1 aromatic carbocycles. The maximum Gasteiger partial charge on any atom is 0.274 e. The van der Waals surface area contributed by atoms with Crippen molar-refractivity contribution >= 4 is 23.4 Å². The topological polar surface area (TPSA) is 87.5 Å². The zero-order valence-corrected chi connectivity index (χ0v) is 20.5. The second-order valence-corrected chi connectivity index (χ2v) is 9.46. The normalized spacial score (nSPS) is 17.9. The van der Waals surface area contributed by atoms with Gasteiger partial charge in [0.05, 0.1) is 5.92 Å². The van der Waals surface area contributed by atoms with E-state index >= 15 is 0 Å². The third-order valence-corrected chi connectivity index (χ3v) is 7.02. The Labute approximate surface area is 201 Å². The van der Waals surface area contributed by atoms with Crippen molar-refractivity contribution in [3.05, 3.63) is 46.8 Å². The zero-order valence-electron chi connectivity index (χ0n) is 20.5. The Bertz CT molecular complexity index is 1080. The average Bonchev–Trinajstić information content (AvgIpc) is 3.19. The number of unbranched alkanes of at least 4 members (excludes halogenated alkanes) is 1. The third kappa shape index (κ3) is 5.00. The van der Waals surface area contributed by atoms with E-state index in [1.54, 1.807) is 9.58 Å². The summed E-state index contributed by atoms with van der Waals surface area (Å²) in [6, 6.07) is 7.71. The maximum atomic E-state index is 13.5. The van der Waals surface area contributed by atoms with Gasteiger partial charge in [-0.15, -0.1) is 0 Å². The number of hydrogen-bond donors (Lipinski definition) is 1. The molecule has 0 radical (unpaired) electrons. The van der Waals surface area contributed by atoms with Crippen molar-refractivity contribution < 1.29 is 14.4 Å². The summed E-state index contributed by atoms with van der Waals surface area (Å²) in [5.41, 5.74) is 4.12. The van der Waals surface area contributed by atoms with Gasteiger partial charge in [0.15, 0.2) is 5.69 Å². The summed E-state index contributed by atoms with van der Waals surface area (Å²) < 4.78 is 1.78. The first kappa shape index (κ1) is 24.0. The lowest BCUT2D eigenvalue weighted by Crippen LogP contribution is -2.44. The number of para-hydroxylation sites is 1. The first-order valence-electron chi connectivity index (χ1n) is 12.4. The first-order chi connectivity index (χ1) is 16.4. The van der Waals surface area contributed by atoms with Crippen molar-refractivity contribution in [3.8, 4) is 0 Å². The van der Waals surface area contributed by atoms with Gasteiger partial charge in [0.25, 0.3) is 5.91 Å². The molecule has 1 atom stereocenters. The molecule has 2 aliphatic heterocycles. The summed E-state index contributed by atoms with van der Waals surface area (Å²) in [4.78, 5) is 42.7. The Kier molecular flexibility index (Phi) is 7.34. The summed E-state index contributed by atoms with van der Waals surface area (Å²) in [7, 11) is 1.86. The van der Waals surface area contributed by atoms with Crippen LogP contribution in [0.5, 0.6) is 0 Å². The number of benzene rings is 1. The second kappa shape index (κ2) is 10.4. The van der Waals surface area contributed by atoms with Crippen LogP contribution in [0.3, 0.4) is 0 Å². The summed E-state index contributed by atoms with van der Waals surface area (Å²) in [6.07, 6.45) is 4.62. The molecule has 0 unspecified atom stereocenters. The molecular formula is C26H35N5O3. The molecule has 1 saturated heterocycles. The van der Waals surface area contributed by atoms with Crippen LogP contribution in [-0.4, -0.2) is 56.9 Å². The van der Waals surface area contributed by atoms with Gasteiger partial charge in [-0.25, -0.2) is 0 Å². The largest absolute Gasteiger partial charge is 0.338 e. The van der Waals surface area contributed by atoms with Gasteiger partial charge in [0.2, 0.25) is 11.8 Å². The minimum atomic E-state index is -0.260. The van der Waals surface area contributed by atoms with Crippen LogP contribution in [0.15, 0.2) is 24.3 Å². The molecule has 1 aromatic heterocycles. The van der Waals surface area contributed by atoms with Crippen molar-refractivity contribution in [1.82, 2.24) is 19.6 Å². The number of likely N-dealkylation sites (tertiary alicyclic amines) is 1. The van der Waals surface area contributed by atoms with E-state index in [0.717, 1.165) is 48.2 Å². The molecule has 2 aromatic rings. The summed E-state index contributed by atoms with van der Waals surface area (Å²) in [5.74, 6) is -0.319. The second-order valence-electron chi connectivity index (χ2n) is 9.46. The highest BCUT2D eigenvalue weighted by molar-refractivity contribution is 5.96. The van der Waals surface area contributed by atoms with Crippen molar-refractivity contribution in [2.45, 2.75) is 58.9 Å². The van der Waals surface area contributed by atoms with Gasteiger partial charge in [-0.2, -0.15) is 5.10 Å². The van der Waals surface area contributed by atoms with Crippen LogP contribution in [0, 0.1) is 12.8 Å². The highest BCUT2D eigenvalue weighted by Crippen LogP contribution is 2.26. The number of hydrogen-bond acceptors (Lipinski definition) is 4. The molecule has 1 fully saturated rings. The number of rotatable bonds is 6. The van der Waals surface area contributed by atoms with Gasteiger partial charge < -0.3 is 15.1 Å². The van der Waals surface area contributed by atoms with Crippen LogP contribution < -0.4 is 5.32 Å². The summed E-state index contributed by atoms with van der Waals surface area (Å²) in [5, 5.41) is 7.59. The van der Waals surface area contributed by atoms with Gasteiger partial charge in [-0.05, 0) is 37.8 Å². The van der Waals surface area contributed by atoms with Crippen molar-refractivity contribution in [2.24, 2.45) is 13.0 Å². The molecule has 182 valence electrons. The average molecular weight is 466 g/mol. The number of anilines is 1. The molecule has 0 saturated carbocycles. The van der Waals surface area contributed by atoms with E-state index in [4.69, 9.17) is 0 Å². The summed E-state index contributed by atoms with van der Waals surface area (Å²) in [6.45, 7) is 6.11. The van der Waals surface area contributed by atoms with Gasteiger partial charge in [0.1, 0.15) is 0 Å². The third-order valence-electron chi connectivity index (χ3n) is 7.02. The Balaban J connectivity index is 1.46. The number of carbonyl (C=O) groups is 3. The lowest BCUT2D eigenvalue weighted by Gasteiger charge is -2.32. The monoisotopic (exact) mass is 465 g/mol. The van der Waals surface area contributed by atoms with Gasteiger partial charge in [-0.1, -0.05) is 31.5 Å². The van der Waals surface area contributed by atoms with E-state index in [2.05, 4.69) is 17.3 Å². The predicted octanol–water partition coefficient (Wildman–Crippen LogP) is 3.29. The van der Waals surface area contributed by atoms with Gasteiger partial charge in [0, 0.05) is 63.0 Å². The van der Waals surface area contributed by atoms with E-state index in [0.29, 0.717) is 44.7 Å². The molecule has 8 nitrogen and oxygen atoms in total. The lowest BCUT2D eigenvalue weighted by molar-refractivity contribution is -0.132. The number of aryl methyl sites for hydroxylation is 2. The van der Waals surface area contributed by atoms with Gasteiger partial charge in [-0.3, -0.25) is 19.1 Å². The molecule has 34 heavy (non-hydrogen) atoms. The van der Waals surface area contributed by atoms with Crippen LogP contribution in [0.2, 0.25) is 0 Å². The van der Waals surface area contributed by atoms with Gasteiger partial charge >= 0.3 is 0 Å². The zero-order chi connectivity index (χ0) is 24.2. The fourth-order valence-corrected chi connectivity index (χ4v) is 4.94. The first-order valence-corrected chi connectivity index (χ1v) is 12.4. The summed E-state index contributed by atoms with van der Waals surface area (Å²) >= 11 is 0. The number of fused-ring (bicyclic) bond motifs is 1. The Morgan fingerprint density at radius 3 is 2.71 bits per heavy atom. The van der Waals surface area contributed by atoms with Crippen LogP contribution >= 0.6 is 0 Å². The minimum Gasteiger partial charge on any atom is -0.338 e. The van der Waals surface area contributed by atoms with Crippen molar-refractivity contribution in [3.63, 3.8) is 0 Å². The molecule has 0 spiro atoms. The number of amides is 3. The Morgan fingerprint density at radius 2 is 1.94 bits per heavy atom. The minimum absolute atomic E-state index is 0.0532. The number of nitrogens with zero attached hydrogens (tertiary/aromatic N) is 4. The molecule has 2 aliphatic rings. The SMILES string of the molecule is CCCCC(=O)N1CCc2c(c(C(=O)N3CCC[C@H](C(=O)Nc4ccccc4C)C3)nn2C)C1. The van der Waals surface area contributed by atoms with Crippen molar-refractivity contribution in [1.29, 1.82) is 0 Å². The number of carbonyl (C=O) groups excluding carboxylic acids is 3. The fraction of sp³-hybridized carbons (Fsp3) is 0.538. The van der Waals surface area contributed by atoms with Crippen LogP contribution in [0.1, 0.15) is 66.3 Å². The molecule has 3 amide bonds. The lowest BCUT2D eigenvalue weighted by atomic mass is 9.96. The van der Waals surface area contributed by atoms with Crippen molar-refractivity contribution in [2.75, 3.05) is 25.0 Å². The maximum absolute atomic E-state index is 13.5. The number of piperidine rings is 1. The number of nitrogens with one attached hydrogen (secondary N) is 1. The quantitative estimate of drug-likeness (QED) is 0.709. The highest BCUT2D eigenvalue weighted by atomic mass is 16.2. The smallest absolute Gasteiger partial charge is 0.274 e. The predicted molar refractivity (Wildman–Crippen MR) is 130 cm³/mol.